The Bertz CT molecular complexity index is 300. The first-order valence-corrected chi connectivity index (χ1v) is 4.95. The number of carbonyl (C=O) groups excluding carboxylic acids is 1. The van der Waals surface area contributed by atoms with E-state index in [4.69, 9.17) is 0 Å². The molecule has 12 heavy (non-hydrogen) atoms. The number of amides is 1. The maximum absolute atomic E-state index is 10.6. The molecule has 62 valence electrons. The van der Waals surface area contributed by atoms with E-state index in [1.54, 1.807) is 16.7 Å². The maximum atomic E-state index is 10.6. The van der Waals surface area contributed by atoms with Gasteiger partial charge in [-0.1, -0.05) is 18.2 Å². The molecule has 0 atom stereocenters. The standard InChI is InChI=1S/C9H9NOS/c11-6-10-7-12-5-8-3-1-2-4-9(8)10/h1-4,6H,5,7H2. The van der Waals surface area contributed by atoms with Crippen molar-refractivity contribution >= 4 is 23.9 Å². The van der Waals surface area contributed by atoms with Gasteiger partial charge in [-0.3, -0.25) is 4.79 Å². The van der Waals surface area contributed by atoms with Crippen molar-refractivity contribution in [2.45, 2.75) is 5.75 Å². The van der Waals surface area contributed by atoms with E-state index in [1.165, 1.54) is 5.56 Å². The van der Waals surface area contributed by atoms with Crippen LogP contribution in [0.2, 0.25) is 0 Å². The quantitative estimate of drug-likeness (QED) is 0.613. The summed E-state index contributed by atoms with van der Waals surface area (Å²) in [4.78, 5) is 12.4. The number of carbonyl (C=O) groups is 1. The van der Waals surface area contributed by atoms with Crippen molar-refractivity contribution in [2.75, 3.05) is 10.8 Å². The van der Waals surface area contributed by atoms with Gasteiger partial charge in [0, 0.05) is 11.4 Å². The molecule has 1 aliphatic heterocycles. The van der Waals surface area contributed by atoms with E-state index in [2.05, 4.69) is 6.07 Å². The molecule has 0 saturated carbocycles. The van der Waals surface area contributed by atoms with Crippen LogP contribution in [0.5, 0.6) is 0 Å². The summed E-state index contributed by atoms with van der Waals surface area (Å²) in [5, 5.41) is 0. The first-order valence-electron chi connectivity index (χ1n) is 3.79. The summed E-state index contributed by atoms with van der Waals surface area (Å²) in [6.45, 7) is 0. The van der Waals surface area contributed by atoms with Crippen LogP contribution in [-0.2, 0) is 10.5 Å². The highest BCUT2D eigenvalue weighted by Gasteiger charge is 2.14. The number of benzene rings is 1. The van der Waals surface area contributed by atoms with Gasteiger partial charge < -0.3 is 4.90 Å². The van der Waals surface area contributed by atoms with Gasteiger partial charge in [-0.2, -0.15) is 0 Å². The largest absolute Gasteiger partial charge is 0.305 e. The fraction of sp³-hybridized carbons (Fsp3) is 0.222. The van der Waals surface area contributed by atoms with Crippen molar-refractivity contribution < 1.29 is 4.79 Å². The normalized spacial score (nSPS) is 15.5. The van der Waals surface area contributed by atoms with Crippen LogP contribution in [0.4, 0.5) is 5.69 Å². The number of fused-ring (bicyclic) bond motifs is 1. The molecule has 0 aliphatic carbocycles. The van der Waals surface area contributed by atoms with Crippen molar-refractivity contribution in [3.05, 3.63) is 29.8 Å². The van der Waals surface area contributed by atoms with Gasteiger partial charge in [0.25, 0.3) is 0 Å². The van der Waals surface area contributed by atoms with E-state index in [0.29, 0.717) is 0 Å². The molecule has 0 N–H and O–H groups in total. The summed E-state index contributed by atoms with van der Waals surface area (Å²) in [6, 6.07) is 8.03. The summed E-state index contributed by atoms with van der Waals surface area (Å²) in [5.74, 6) is 1.79. The van der Waals surface area contributed by atoms with Gasteiger partial charge in [-0.25, -0.2) is 0 Å². The third-order valence-corrected chi connectivity index (χ3v) is 2.89. The number of rotatable bonds is 1. The third-order valence-electron chi connectivity index (χ3n) is 1.92. The van der Waals surface area contributed by atoms with Crippen molar-refractivity contribution in [3.8, 4) is 0 Å². The van der Waals surface area contributed by atoms with Crippen LogP contribution in [0.15, 0.2) is 24.3 Å². The molecular formula is C9H9NOS. The van der Waals surface area contributed by atoms with Gasteiger partial charge in [-0.15, -0.1) is 11.8 Å². The van der Waals surface area contributed by atoms with Crippen LogP contribution in [0.25, 0.3) is 0 Å². The number of thioether (sulfide) groups is 1. The molecule has 0 bridgehead atoms. The molecule has 0 radical (unpaired) electrons. The maximum Gasteiger partial charge on any atom is 0.214 e. The van der Waals surface area contributed by atoms with Crippen LogP contribution in [-0.4, -0.2) is 12.3 Å². The Balaban J connectivity index is 2.43. The van der Waals surface area contributed by atoms with Crippen molar-refractivity contribution in [2.24, 2.45) is 0 Å². The highest BCUT2D eigenvalue weighted by molar-refractivity contribution is 7.98. The van der Waals surface area contributed by atoms with Gasteiger partial charge in [0.1, 0.15) is 0 Å². The molecule has 1 amide bonds. The lowest BCUT2D eigenvalue weighted by molar-refractivity contribution is -0.107. The smallest absolute Gasteiger partial charge is 0.214 e. The van der Waals surface area contributed by atoms with Crippen molar-refractivity contribution in [3.63, 3.8) is 0 Å². The molecule has 0 spiro atoms. The number of nitrogens with zero attached hydrogens (tertiary/aromatic N) is 1. The molecule has 0 aromatic heterocycles. The van der Waals surface area contributed by atoms with Gasteiger partial charge >= 0.3 is 0 Å². The summed E-state index contributed by atoms with van der Waals surface area (Å²) in [7, 11) is 0. The van der Waals surface area contributed by atoms with Crippen LogP contribution in [0, 0.1) is 0 Å². The molecule has 1 aromatic rings. The highest BCUT2D eigenvalue weighted by Crippen LogP contribution is 2.29. The van der Waals surface area contributed by atoms with Crippen LogP contribution in [0.3, 0.4) is 0 Å². The van der Waals surface area contributed by atoms with Gasteiger partial charge in [0.2, 0.25) is 6.41 Å². The zero-order valence-electron chi connectivity index (χ0n) is 6.56. The van der Waals surface area contributed by atoms with E-state index in [-0.39, 0.29) is 0 Å². The Labute approximate surface area is 75.6 Å². The molecule has 1 aliphatic rings. The number of hydrogen-bond donors (Lipinski definition) is 0. The van der Waals surface area contributed by atoms with Crippen molar-refractivity contribution in [1.29, 1.82) is 0 Å². The molecule has 0 unspecified atom stereocenters. The predicted molar refractivity (Wildman–Crippen MR) is 51.1 cm³/mol. The molecule has 0 saturated heterocycles. The fourth-order valence-corrected chi connectivity index (χ4v) is 2.28. The Morgan fingerprint density at radius 2 is 2.25 bits per heavy atom. The van der Waals surface area contributed by atoms with E-state index in [9.17, 15) is 4.79 Å². The molecular weight excluding hydrogens is 170 g/mol. The van der Waals surface area contributed by atoms with E-state index in [0.717, 1.165) is 23.7 Å². The van der Waals surface area contributed by atoms with Gasteiger partial charge in [0.05, 0.1) is 5.88 Å². The number of para-hydroxylation sites is 1. The molecule has 1 aromatic carbocycles. The third kappa shape index (κ3) is 1.20. The molecule has 3 heteroatoms. The van der Waals surface area contributed by atoms with Crippen LogP contribution < -0.4 is 4.90 Å². The first-order chi connectivity index (χ1) is 5.92. The lowest BCUT2D eigenvalue weighted by atomic mass is 10.2. The summed E-state index contributed by atoms with van der Waals surface area (Å²) < 4.78 is 0. The fourth-order valence-electron chi connectivity index (χ4n) is 1.32. The van der Waals surface area contributed by atoms with E-state index >= 15 is 0 Å². The van der Waals surface area contributed by atoms with Gasteiger partial charge in [-0.05, 0) is 11.6 Å². The van der Waals surface area contributed by atoms with Crippen LogP contribution >= 0.6 is 11.8 Å². The molecule has 1 heterocycles. The average molecular weight is 179 g/mol. The number of anilines is 1. The zero-order valence-corrected chi connectivity index (χ0v) is 7.38. The summed E-state index contributed by atoms with van der Waals surface area (Å²) in [5.41, 5.74) is 2.31. The lowest BCUT2D eigenvalue weighted by Crippen LogP contribution is -2.24. The minimum Gasteiger partial charge on any atom is -0.305 e. The van der Waals surface area contributed by atoms with Crippen molar-refractivity contribution in [1.82, 2.24) is 0 Å². The Morgan fingerprint density at radius 1 is 1.42 bits per heavy atom. The Hall–Kier alpha value is -0.960. The molecule has 2 nitrogen and oxygen atoms in total. The topological polar surface area (TPSA) is 20.3 Å². The lowest BCUT2D eigenvalue weighted by Gasteiger charge is -2.24. The Morgan fingerprint density at radius 3 is 3.08 bits per heavy atom. The first kappa shape index (κ1) is 7.68. The molecule has 2 rings (SSSR count). The minimum absolute atomic E-state index is 0.778. The van der Waals surface area contributed by atoms with E-state index in [1.807, 2.05) is 18.2 Å². The zero-order chi connectivity index (χ0) is 8.39. The second-order valence-electron chi connectivity index (χ2n) is 2.68. The second-order valence-corrected chi connectivity index (χ2v) is 3.64. The number of hydrogen-bond acceptors (Lipinski definition) is 2. The van der Waals surface area contributed by atoms with Crippen LogP contribution in [0.1, 0.15) is 5.56 Å². The Kier molecular flexibility index (Phi) is 2.04. The minimum atomic E-state index is 0.778. The monoisotopic (exact) mass is 179 g/mol. The SMILES string of the molecule is O=CN1CSCc2ccccc21. The molecule has 0 fully saturated rings. The summed E-state index contributed by atoms with van der Waals surface area (Å²) >= 11 is 1.76. The predicted octanol–water partition coefficient (Wildman–Crippen LogP) is 1.85. The summed E-state index contributed by atoms with van der Waals surface area (Å²) in [6.07, 6.45) is 0.894. The van der Waals surface area contributed by atoms with E-state index < -0.39 is 0 Å². The average Bonchev–Trinajstić information content (AvgIpc) is 2.17. The second kappa shape index (κ2) is 3.19. The van der Waals surface area contributed by atoms with Gasteiger partial charge in [0.15, 0.2) is 0 Å². The highest BCUT2D eigenvalue weighted by atomic mass is 32.2.